The molecule has 240 valence electrons. The predicted molar refractivity (Wildman–Crippen MR) is 214 cm³/mol. The van der Waals surface area contributed by atoms with Crippen molar-refractivity contribution >= 4 is 21.5 Å². The first kappa shape index (κ1) is 28.0. The molecule has 9 aromatic carbocycles. The molecule has 0 amide bonds. The number of rotatable bonds is 2. The molecule has 0 saturated heterocycles. The van der Waals surface area contributed by atoms with Crippen LogP contribution in [-0.2, 0) is 5.41 Å². The summed E-state index contributed by atoms with van der Waals surface area (Å²) in [5, 5.41) is 4.92. The molecule has 0 bridgehead atoms. The molecule has 0 saturated carbocycles. The molecule has 9 aromatic rings. The van der Waals surface area contributed by atoms with Crippen LogP contribution in [0.1, 0.15) is 22.3 Å². The van der Waals surface area contributed by atoms with Gasteiger partial charge in [0.05, 0.1) is 5.41 Å². The Morgan fingerprint density at radius 1 is 0.308 bits per heavy atom. The van der Waals surface area contributed by atoms with Gasteiger partial charge in [-0.05, 0) is 119 Å². The molecule has 0 aromatic heterocycles. The number of ether oxygens (including phenoxy) is 1. The summed E-state index contributed by atoms with van der Waals surface area (Å²) in [6.45, 7) is 0. The number of para-hydroxylation sites is 1. The van der Waals surface area contributed by atoms with Crippen molar-refractivity contribution in [1.29, 1.82) is 0 Å². The van der Waals surface area contributed by atoms with Gasteiger partial charge >= 0.3 is 0 Å². The van der Waals surface area contributed by atoms with E-state index in [2.05, 4.69) is 176 Å². The Balaban J connectivity index is 1.12. The summed E-state index contributed by atoms with van der Waals surface area (Å²) >= 11 is 0. The van der Waals surface area contributed by atoms with Crippen molar-refractivity contribution in [3.8, 4) is 67.1 Å². The van der Waals surface area contributed by atoms with Crippen LogP contribution in [-0.4, -0.2) is 0 Å². The lowest BCUT2D eigenvalue weighted by Crippen LogP contribution is -2.25. The molecule has 3 aliphatic rings. The van der Waals surface area contributed by atoms with Gasteiger partial charge in [0.15, 0.2) is 0 Å². The Morgan fingerprint density at radius 3 is 1.69 bits per heavy atom. The van der Waals surface area contributed by atoms with Crippen molar-refractivity contribution < 1.29 is 4.74 Å². The highest BCUT2D eigenvalue weighted by Gasteiger charge is 2.51. The van der Waals surface area contributed by atoms with Crippen LogP contribution in [0.15, 0.2) is 182 Å². The summed E-state index contributed by atoms with van der Waals surface area (Å²) < 4.78 is 6.47. The second-order valence-corrected chi connectivity index (χ2v) is 14.3. The largest absolute Gasteiger partial charge is 0.456 e. The van der Waals surface area contributed by atoms with Crippen molar-refractivity contribution in [2.75, 3.05) is 0 Å². The average Bonchev–Trinajstić information content (AvgIpc) is 3.66. The van der Waals surface area contributed by atoms with Gasteiger partial charge in [-0.25, -0.2) is 0 Å². The highest BCUT2D eigenvalue weighted by molar-refractivity contribution is 6.11. The van der Waals surface area contributed by atoms with E-state index in [1.807, 2.05) is 6.07 Å². The van der Waals surface area contributed by atoms with Gasteiger partial charge in [0.2, 0.25) is 0 Å². The molecule has 1 aliphatic heterocycles. The second kappa shape index (κ2) is 10.2. The van der Waals surface area contributed by atoms with Crippen LogP contribution in [0.2, 0.25) is 0 Å². The van der Waals surface area contributed by atoms with Gasteiger partial charge in [-0.1, -0.05) is 152 Å². The first-order chi connectivity index (χ1) is 25.8. The fraction of sp³-hybridized carbons (Fsp3) is 0.0196. The second-order valence-electron chi connectivity index (χ2n) is 14.3. The Bertz CT molecular complexity index is 3000. The van der Waals surface area contributed by atoms with Gasteiger partial charge in [0.1, 0.15) is 11.5 Å². The molecule has 52 heavy (non-hydrogen) atoms. The highest BCUT2D eigenvalue weighted by Crippen LogP contribution is 2.63. The minimum absolute atomic E-state index is 0.419. The SMILES string of the molecule is c1ccc2c(c1)Oc1ccc(-c3ccccc3-c3ccc4c(c3)C3(c5ccccc5-4)c4ccccc4-c4cc5ccccc5cc43)c3cccc-2c13. The van der Waals surface area contributed by atoms with Crippen molar-refractivity contribution in [2.45, 2.75) is 5.41 Å². The number of hydrogen-bond acceptors (Lipinski definition) is 1. The molecule has 0 fully saturated rings. The van der Waals surface area contributed by atoms with E-state index in [-0.39, 0.29) is 0 Å². The molecule has 1 spiro atoms. The molecular weight excluding hydrogens is 629 g/mol. The van der Waals surface area contributed by atoms with Crippen LogP contribution >= 0.6 is 0 Å². The topological polar surface area (TPSA) is 9.23 Å². The fourth-order valence-electron chi connectivity index (χ4n) is 9.78. The molecular formula is C51H30O. The zero-order valence-electron chi connectivity index (χ0n) is 28.2. The Labute approximate surface area is 302 Å². The summed E-state index contributed by atoms with van der Waals surface area (Å²) in [5.41, 5.74) is 17.5. The molecule has 1 nitrogen and oxygen atoms in total. The van der Waals surface area contributed by atoms with E-state index in [1.165, 1.54) is 93.9 Å². The van der Waals surface area contributed by atoms with Crippen LogP contribution < -0.4 is 4.74 Å². The van der Waals surface area contributed by atoms with Gasteiger partial charge in [0.25, 0.3) is 0 Å². The summed E-state index contributed by atoms with van der Waals surface area (Å²) in [7, 11) is 0. The molecule has 2 aliphatic carbocycles. The van der Waals surface area contributed by atoms with E-state index in [0.717, 1.165) is 17.1 Å². The zero-order valence-corrected chi connectivity index (χ0v) is 28.2. The smallest absolute Gasteiger partial charge is 0.135 e. The Morgan fingerprint density at radius 2 is 0.885 bits per heavy atom. The standard InChI is InChI=1S/C51H30O/c1-2-13-32-29-47-43(28-31(32)12-1)38-17-6-9-22-45(38)51(47)44-21-8-5-16-37(44)39-25-24-33(30-46(39)51)34-14-3-4-15-35(34)36-26-27-49-50-41(36)19-11-20-42(50)40-18-7-10-23-48(40)52-49/h1-30H. The van der Waals surface area contributed by atoms with Gasteiger partial charge in [-0.3, -0.25) is 0 Å². The first-order valence-corrected chi connectivity index (χ1v) is 18.1. The van der Waals surface area contributed by atoms with E-state index in [4.69, 9.17) is 4.74 Å². The van der Waals surface area contributed by atoms with Gasteiger partial charge in [-0.2, -0.15) is 0 Å². The lowest BCUT2D eigenvalue weighted by Gasteiger charge is -2.31. The minimum Gasteiger partial charge on any atom is -0.456 e. The van der Waals surface area contributed by atoms with E-state index in [1.54, 1.807) is 0 Å². The van der Waals surface area contributed by atoms with E-state index >= 15 is 0 Å². The molecule has 1 unspecified atom stereocenters. The molecule has 0 N–H and O–H groups in total. The molecule has 1 heterocycles. The van der Waals surface area contributed by atoms with Crippen molar-refractivity contribution in [3.05, 3.63) is 204 Å². The quantitative estimate of drug-likeness (QED) is 0.180. The van der Waals surface area contributed by atoms with Crippen LogP contribution in [0, 0.1) is 0 Å². The van der Waals surface area contributed by atoms with E-state index in [0.29, 0.717) is 0 Å². The first-order valence-electron chi connectivity index (χ1n) is 18.1. The molecule has 1 heteroatoms. The highest BCUT2D eigenvalue weighted by atomic mass is 16.5. The van der Waals surface area contributed by atoms with E-state index in [9.17, 15) is 0 Å². The van der Waals surface area contributed by atoms with E-state index < -0.39 is 5.41 Å². The van der Waals surface area contributed by atoms with Crippen LogP contribution in [0.25, 0.3) is 77.2 Å². The van der Waals surface area contributed by atoms with Crippen LogP contribution in [0.3, 0.4) is 0 Å². The summed E-state index contributed by atoms with van der Waals surface area (Å²) in [4.78, 5) is 0. The summed E-state index contributed by atoms with van der Waals surface area (Å²) in [6.07, 6.45) is 0. The molecule has 12 rings (SSSR count). The normalized spacial score (nSPS) is 15.5. The Hall–Kier alpha value is -6.70. The maximum Gasteiger partial charge on any atom is 0.135 e. The lowest BCUT2D eigenvalue weighted by atomic mass is 9.70. The molecule has 1 atom stereocenters. The van der Waals surface area contributed by atoms with Crippen LogP contribution in [0.4, 0.5) is 0 Å². The summed E-state index contributed by atoms with van der Waals surface area (Å²) in [5.74, 6) is 1.82. The average molecular weight is 659 g/mol. The maximum absolute atomic E-state index is 6.47. The number of fused-ring (bicyclic) bond motifs is 13. The summed E-state index contributed by atoms with van der Waals surface area (Å²) in [6, 6.07) is 67.3. The fourth-order valence-corrected chi connectivity index (χ4v) is 9.78. The van der Waals surface area contributed by atoms with Crippen molar-refractivity contribution in [2.24, 2.45) is 0 Å². The van der Waals surface area contributed by atoms with Crippen molar-refractivity contribution in [1.82, 2.24) is 0 Å². The maximum atomic E-state index is 6.47. The van der Waals surface area contributed by atoms with Crippen LogP contribution in [0.5, 0.6) is 11.5 Å². The molecule has 0 radical (unpaired) electrons. The number of benzene rings is 9. The van der Waals surface area contributed by atoms with Gasteiger partial charge in [-0.15, -0.1) is 0 Å². The lowest BCUT2D eigenvalue weighted by molar-refractivity contribution is 0.487. The number of hydrogen-bond donors (Lipinski definition) is 0. The van der Waals surface area contributed by atoms with Gasteiger partial charge in [0, 0.05) is 10.9 Å². The van der Waals surface area contributed by atoms with Crippen molar-refractivity contribution in [3.63, 3.8) is 0 Å². The minimum atomic E-state index is -0.419. The monoisotopic (exact) mass is 658 g/mol. The van der Waals surface area contributed by atoms with Gasteiger partial charge < -0.3 is 4.74 Å². The third-order valence-corrected chi connectivity index (χ3v) is 11.9. The Kier molecular flexibility index (Phi) is 5.49. The zero-order chi connectivity index (χ0) is 34.0. The third kappa shape index (κ3) is 3.52. The predicted octanol–water partition coefficient (Wildman–Crippen LogP) is 13.4. The third-order valence-electron chi connectivity index (χ3n) is 11.9.